The summed E-state index contributed by atoms with van der Waals surface area (Å²) in [6, 6.07) is 7.80. The molecule has 0 saturated carbocycles. The molecule has 0 aromatic heterocycles. The van der Waals surface area contributed by atoms with Gasteiger partial charge in [0.2, 0.25) is 15.9 Å². The van der Waals surface area contributed by atoms with Gasteiger partial charge in [0.25, 0.3) is 0 Å². The van der Waals surface area contributed by atoms with E-state index in [1.807, 2.05) is 31.2 Å². The van der Waals surface area contributed by atoms with Gasteiger partial charge in [0.15, 0.2) is 0 Å². The Morgan fingerprint density at radius 1 is 1.30 bits per heavy atom. The average molecular weight is 316 g/mol. The van der Waals surface area contributed by atoms with E-state index in [4.69, 9.17) is 0 Å². The van der Waals surface area contributed by atoms with Crippen LogP contribution >= 0.6 is 11.8 Å². The molecular weight excluding hydrogens is 296 g/mol. The number of hydrogen-bond donors (Lipinski definition) is 2. The van der Waals surface area contributed by atoms with E-state index in [1.54, 1.807) is 11.8 Å². The average Bonchev–Trinajstić information content (AvgIpc) is 2.37. The maximum Gasteiger partial charge on any atom is 0.235 e. The molecule has 1 atom stereocenters. The van der Waals surface area contributed by atoms with Crippen molar-refractivity contribution in [3.63, 3.8) is 0 Å². The summed E-state index contributed by atoms with van der Waals surface area (Å²) in [5, 5.41) is 2.75. The van der Waals surface area contributed by atoms with Crippen LogP contribution in [0.2, 0.25) is 0 Å². The molecule has 1 aromatic rings. The number of sulfonamides is 1. The normalized spacial score (nSPS) is 12.9. The van der Waals surface area contributed by atoms with Crippen molar-refractivity contribution < 1.29 is 13.2 Å². The zero-order valence-corrected chi connectivity index (χ0v) is 13.5. The van der Waals surface area contributed by atoms with Gasteiger partial charge in [-0.3, -0.25) is 4.79 Å². The van der Waals surface area contributed by atoms with Crippen LogP contribution in [0.1, 0.15) is 25.5 Å². The van der Waals surface area contributed by atoms with Gasteiger partial charge in [0.05, 0.1) is 18.8 Å². The van der Waals surface area contributed by atoms with Crippen molar-refractivity contribution in [2.45, 2.75) is 24.8 Å². The summed E-state index contributed by atoms with van der Waals surface area (Å²) in [5.41, 5.74) is 0.984. The molecule has 1 amide bonds. The highest BCUT2D eigenvalue weighted by molar-refractivity contribution is 7.99. The Morgan fingerprint density at radius 2 is 1.90 bits per heavy atom. The van der Waals surface area contributed by atoms with E-state index in [1.165, 1.54) is 4.90 Å². The molecule has 0 fully saturated rings. The van der Waals surface area contributed by atoms with Gasteiger partial charge in [-0.15, -0.1) is 11.8 Å². The Balaban J connectivity index is 2.53. The van der Waals surface area contributed by atoms with Crippen molar-refractivity contribution >= 4 is 27.7 Å². The van der Waals surface area contributed by atoms with E-state index in [2.05, 4.69) is 17.0 Å². The summed E-state index contributed by atoms with van der Waals surface area (Å²) in [7, 11) is -3.35. The zero-order valence-electron chi connectivity index (χ0n) is 11.8. The van der Waals surface area contributed by atoms with Crippen LogP contribution in [0.5, 0.6) is 0 Å². The van der Waals surface area contributed by atoms with Gasteiger partial charge < -0.3 is 5.32 Å². The SMILES string of the molecule is CCSc1ccc([C@H](C)NC(=O)CNS(C)(=O)=O)cc1. The molecule has 0 saturated heterocycles. The summed E-state index contributed by atoms with van der Waals surface area (Å²) in [5.74, 6) is 0.665. The maximum atomic E-state index is 11.6. The molecule has 0 radical (unpaired) electrons. The van der Waals surface area contributed by atoms with Crippen molar-refractivity contribution in [3.8, 4) is 0 Å². The molecule has 0 aliphatic carbocycles. The fourth-order valence-electron chi connectivity index (χ4n) is 1.59. The number of carbonyl (C=O) groups excluding carboxylic acids is 1. The number of hydrogen-bond acceptors (Lipinski definition) is 4. The van der Waals surface area contributed by atoms with Crippen LogP contribution in [0.25, 0.3) is 0 Å². The Kier molecular flexibility index (Phi) is 6.51. The first kappa shape index (κ1) is 17.0. The highest BCUT2D eigenvalue weighted by Gasteiger charge is 2.11. The van der Waals surface area contributed by atoms with Crippen LogP contribution in [0.4, 0.5) is 0 Å². The predicted molar refractivity (Wildman–Crippen MR) is 82.2 cm³/mol. The Morgan fingerprint density at radius 3 is 2.40 bits per heavy atom. The maximum absolute atomic E-state index is 11.6. The lowest BCUT2D eigenvalue weighted by molar-refractivity contribution is -0.120. The van der Waals surface area contributed by atoms with Gasteiger partial charge in [0, 0.05) is 4.90 Å². The molecule has 20 heavy (non-hydrogen) atoms. The van der Waals surface area contributed by atoms with Gasteiger partial charge in [-0.1, -0.05) is 19.1 Å². The van der Waals surface area contributed by atoms with E-state index in [0.717, 1.165) is 17.6 Å². The Labute approximate surface area is 124 Å². The van der Waals surface area contributed by atoms with Gasteiger partial charge >= 0.3 is 0 Å². The van der Waals surface area contributed by atoms with Crippen LogP contribution in [0, 0.1) is 0 Å². The fourth-order valence-corrected chi connectivity index (χ4v) is 2.65. The van der Waals surface area contributed by atoms with E-state index < -0.39 is 10.0 Å². The van der Waals surface area contributed by atoms with E-state index in [-0.39, 0.29) is 18.5 Å². The molecule has 112 valence electrons. The minimum Gasteiger partial charge on any atom is -0.348 e. The number of rotatable bonds is 7. The van der Waals surface area contributed by atoms with Crippen LogP contribution in [-0.4, -0.2) is 32.9 Å². The smallest absolute Gasteiger partial charge is 0.235 e. The lowest BCUT2D eigenvalue weighted by Gasteiger charge is -2.15. The molecule has 0 bridgehead atoms. The van der Waals surface area contributed by atoms with Gasteiger partial charge in [-0.05, 0) is 30.4 Å². The Bertz CT molecular complexity index is 541. The van der Waals surface area contributed by atoms with Crippen LogP contribution in [0.3, 0.4) is 0 Å². The van der Waals surface area contributed by atoms with Crippen LogP contribution < -0.4 is 10.0 Å². The molecule has 0 aliphatic rings. The molecule has 0 heterocycles. The summed E-state index contributed by atoms with van der Waals surface area (Å²) in [6.45, 7) is 3.71. The molecule has 1 rings (SSSR count). The first-order chi connectivity index (χ1) is 9.31. The highest BCUT2D eigenvalue weighted by atomic mass is 32.2. The van der Waals surface area contributed by atoms with Crippen molar-refractivity contribution in [2.75, 3.05) is 18.6 Å². The predicted octanol–water partition coefficient (Wildman–Crippen LogP) is 1.52. The number of thioether (sulfide) groups is 1. The van der Waals surface area contributed by atoms with E-state index in [9.17, 15) is 13.2 Å². The third-order valence-corrected chi connectivity index (χ3v) is 4.13. The first-order valence-electron chi connectivity index (χ1n) is 6.28. The molecule has 7 heteroatoms. The monoisotopic (exact) mass is 316 g/mol. The molecule has 2 N–H and O–H groups in total. The lowest BCUT2D eigenvalue weighted by Crippen LogP contribution is -2.37. The topological polar surface area (TPSA) is 75.3 Å². The number of benzene rings is 1. The molecule has 0 unspecified atom stereocenters. The van der Waals surface area contributed by atoms with Crippen molar-refractivity contribution in [2.24, 2.45) is 0 Å². The first-order valence-corrected chi connectivity index (χ1v) is 9.16. The number of carbonyl (C=O) groups is 1. The third kappa shape index (κ3) is 6.40. The van der Waals surface area contributed by atoms with Gasteiger partial charge in [-0.2, -0.15) is 0 Å². The summed E-state index contributed by atoms with van der Waals surface area (Å²) in [6.07, 6.45) is 1.02. The fraction of sp³-hybridized carbons (Fsp3) is 0.462. The van der Waals surface area contributed by atoms with E-state index in [0.29, 0.717) is 0 Å². The number of nitrogens with one attached hydrogen (secondary N) is 2. The minimum atomic E-state index is -3.35. The number of amides is 1. The van der Waals surface area contributed by atoms with Gasteiger partial charge in [-0.25, -0.2) is 13.1 Å². The van der Waals surface area contributed by atoms with Crippen molar-refractivity contribution in [3.05, 3.63) is 29.8 Å². The van der Waals surface area contributed by atoms with Crippen molar-refractivity contribution in [1.29, 1.82) is 0 Å². The van der Waals surface area contributed by atoms with Crippen LogP contribution in [-0.2, 0) is 14.8 Å². The quantitative estimate of drug-likeness (QED) is 0.748. The molecular formula is C13H20N2O3S2. The highest BCUT2D eigenvalue weighted by Crippen LogP contribution is 2.20. The second kappa shape index (κ2) is 7.66. The largest absolute Gasteiger partial charge is 0.348 e. The van der Waals surface area contributed by atoms with E-state index >= 15 is 0 Å². The summed E-state index contributed by atoms with van der Waals surface area (Å²) >= 11 is 1.76. The summed E-state index contributed by atoms with van der Waals surface area (Å²) in [4.78, 5) is 12.8. The van der Waals surface area contributed by atoms with Gasteiger partial charge in [0.1, 0.15) is 0 Å². The molecule has 5 nitrogen and oxygen atoms in total. The molecule has 1 aromatic carbocycles. The molecule has 0 spiro atoms. The minimum absolute atomic E-state index is 0.162. The standard InChI is InChI=1S/C13H20N2O3S2/c1-4-19-12-7-5-11(6-8-12)10(2)15-13(16)9-14-20(3,17)18/h5-8,10,14H,4,9H2,1-3H3,(H,15,16)/t10-/m0/s1. The van der Waals surface area contributed by atoms with Crippen LogP contribution in [0.15, 0.2) is 29.2 Å². The second-order valence-corrected chi connectivity index (χ2v) is 7.55. The van der Waals surface area contributed by atoms with Crippen molar-refractivity contribution in [1.82, 2.24) is 10.0 Å². The lowest BCUT2D eigenvalue weighted by atomic mass is 10.1. The Hall–Kier alpha value is -1.05. The zero-order chi connectivity index (χ0) is 15.2. The molecule has 0 aliphatic heterocycles. The summed E-state index contributed by atoms with van der Waals surface area (Å²) < 4.78 is 24.0. The second-order valence-electron chi connectivity index (χ2n) is 4.38. The third-order valence-electron chi connectivity index (χ3n) is 2.56.